The maximum absolute atomic E-state index is 11.9. The van der Waals surface area contributed by atoms with E-state index >= 15 is 0 Å². The van der Waals surface area contributed by atoms with Crippen molar-refractivity contribution in [2.45, 2.75) is 38.6 Å². The third-order valence-corrected chi connectivity index (χ3v) is 5.63. The van der Waals surface area contributed by atoms with Gasteiger partial charge < -0.3 is 0 Å². The minimum absolute atomic E-state index is 0.0575. The van der Waals surface area contributed by atoms with E-state index in [1.807, 2.05) is 10.7 Å². The molecule has 0 unspecified atom stereocenters. The SMILES string of the molecule is CCCn1nccc1-c1nccnc1[C@H]1CCCN(S(C)(=O)=O)C1. The quantitative estimate of drug-likeness (QED) is 0.823. The molecule has 1 aliphatic heterocycles. The Hall–Kier alpha value is -1.80. The third kappa shape index (κ3) is 3.49. The zero-order valence-corrected chi connectivity index (χ0v) is 14.9. The molecule has 0 N–H and O–H groups in total. The highest BCUT2D eigenvalue weighted by atomic mass is 32.2. The highest BCUT2D eigenvalue weighted by Crippen LogP contribution is 2.32. The van der Waals surface area contributed by atoms with Crippen molar-refractivity contribution >= 4 is 10.0 Å². The zero-order valence-electron chi connectivity index (χ0n) is 14.1. The van der Waals surface area contributed by atoms with Crippen molar-refractivity contribution in [1.29, 1.82) is 0 Å². The molecule has 0 amide bonds. The molecule has 0 aliphatic carbocycles. The molecule has 0 saturated carbocycles. The summed E-state index contributed by atoms with van der Waals surface area (Å²) in [4.78, 5) is 9.09. The lowest BCUT2D eigenvalue weighted by molar-refractivity contribution is 0.314. The monoisotopic (exact) mass is 349 g/mol. The molecule has 130 valence electrons. The van der Waals surface area contributed by atoms with Crippen LogP contribution in [0.25, 0.3) is 11.4 Å². The molecule has 24 heavy (non-hydrogen) atoms. The normalized spacial score (nSPS) is 19.5. The molecule has 2 aromatic heterocycles. The summed E-state index contributed by atoms with van der Waals surface area (Å²) in [6, 6.07) is 1.94. The van der Waals surface area contributed by atoms with Gasteiger partial charge >= 0.3 is 0 Å². The second kappa shape index (κ2) is 6.98. The Morgan fingerprint density at radius 2 is 2.04 bits per heavy atom. The standard InChI is InChI=1S/C16H23N5O2S/c1-3-10-21-14(6-7-19-21)16-15(17-8-9-18-16)13-5-4-11-20(12-13)24(2,22)23/h6-9,13H,3-5,10-12H2,1-2H3/t13-/m0/s1. The topological polar surface area (TPSA) is 81.0 Å². The number of hydrogen-bond donors (Lipinski definition) is 0. The van der Waals surface area contributed by atoms with Gasteiger partial charge in [-0.2, -0.15) is 5.10 Å². The van der Waals surface area contributed by atoms with Crippen LogP contribution in [0.2, 0.25) is 0 Å². The highest BCUT2D eigenvalue weighted by molar-refractivity contribution is 7.88. The van der Waals surface area contributed by atoms with E-state index in [1.165, 1.54) is 6.26 Å². The Morgan fingerprint density at radius 3 is 2.79 bits per heavy atom. The predicted octanol–water partition coefficient (Wildman–Crippen LogP) is 1.89. The van der Waals surface area contributed by atoms with Gasteiger partial charge in [0.05, 0.1) is 17.6 Å². The molecule has 1 fully saturated rings. The van der Waals surface area contributed by atoms with Crippen LogP contribution in [-0.2, 0) is 16.6 Å². The number of hydrogen-bond acceptors (Lipinski definition) is 5. The Labute approximate surface area is 142 Å². The van der Waals surface area contributed by atoms with E-state index in [2.05, 4.69) is 22.0 Å². The number of nitrogens with zero attached hydrogens (tertiary/aromatic N) is 5. The van der Waals surface area contributed by atoms with Gasteiger partial charge in [0, 0.05) is 44.1 Å². The van der Waals surface area contributed by atoms with Crippen LogP contribution >= 0.6 is 0 Å². The molecule has 0 bridgehead atoms. The van der Waals surface area contributed by atoms with Crippen molar-refractivity contribution in [3.05, 3.63) is 30.4 Å². The van der Waals surface area contributed by atoms with Crippen molar-refractivity contribution in [1.82, 2.24) is 24.1 Å². The smallest absolute Gasteiger partial charge is 0.211 e. The van der Waals surface area contributed by atoms with Crippen LogP contribution < -0.4 is 0 Å². The van der Waals surface area contributed by atoms with Crippen molar-refractivity contribution in [3.8, 4) is 11.4 Å². The van der Waals surface area contributed by atoms with Crippen LogP contribution in [-0.4, -0.2) is 51.8 Å². The summed E-state index contributed by atoms with van der Waals surface area (Å²) in [7, 11) is -3.18. The Balaban J connectivity index is 1.96. The molecule has 3 heterocycles. The van der Waals surface area contributed by atoms with E-state index in [0.29, 0.717) is 13.1 Å². The summed E-state index contributed by atoms with van der Waals surface area (Å²) in [5.41, 5.74) is 2.61. The molecular weight excluding hydrogens is 326 g/mol. The predicted molar refractivity (Wildman–Crippen MR) is 91.9 cm³/mol. The Bertz CT molecular complexity index is 802. The fourth-order valence-electron chi connectivity index (χ4n) is 3.24. The second-order valence-electron chi connectivity index (χ2n) is 6.19. The molecule has 8 heteroatoms. The van der Waals surface area contributed by atoms with Crippen molar-refractivity contribution in [2.24, 2.45) is 0 Å². The fraction of sp³-hybridized carbons (Fsp3) is 0.562. The molecule has 7 nitrogen and oxygen atoms in total. The lowest BCUT2D eigenvalue weighted by atomic mass is 9.93. The summed E-state index contributed by atoms with van der Waals surface area (Å²) >= 11 is 0. The van der Waals surface area contributed by atoms with Crippen LogP contribution in [0.3, 0.4) is 0 Å². The minimum Gasteiger partial charge on any atom is -0.263 e. The van der Waals surface area contributed by atoms with Crippen molar-refractivity contribution in [3.63, 3.8) is 0 Å². The van der Waals surface area contributed by atoms with Crippen molar-refractivity contribution < 1.29 is 8.42 Å². The number of piperidine rings is 1. The maximum atomic E-state index is 11.9. The van der Waals surface area contributed by atoms with E-state index in [4.69, 9.17) is 0 Å². The molecule has 1 aliphatic rings. The van der Waals surface area contributed by atoms with Crippen LogP contribution in [0.4, 0.5) is 0 Å². The summed E-state index contributed by atoms with van der Waals surface area (Å²) in [5.74, 6) is 0.0575. The van der Waals surface area contributed by atoms with Gasteiger partial charge in [-0.15, -0.1) is 0 Å². The summed E-state index contributed by atoms with van der Waals surface area (Å²) < 4.78 is 27.3. The molecule has 0 aromatic carbocycles. The summed E-state index contributed by atoms with van der Waals surface area (Å²) in [6.45, 7) is 3.97. The lowest BCUT2D eigenvalue weighted by Gasteiger charge is -2.31. The molecule has 0 spiro atoms. The van der Waals surface area contributed by atoms with Gasteiger partial charge in [-0.1, -0.05) is 6.92 Å². The Kier molecular flexibility index (Phi) is 4.96. The van der Waals surface area contributed by atoms with Crippen LogP contribution in [0.15, 0.2) is 24.7 Å². The second-order valence-corrected chi connectivity index (χ2v) is 8.17. The van der Waals surface area contributed by atoms with E-state index in [0.717, 1.165) is 42.9 Å². The molecule has 2 aromatic rings. The zero-order chi connectivity index (χ0) is 17.2. The van der Waals surface area contributed by atoms with Gasteiger partial charge in [-0.05, 0) is 25.3 Å². The van der Waals surface area contributed by atoms with Crippen LogP contribution in [0, 0.1) is 0 Å². The number of rotatable bonds is 5. The molecule has 3 rings (SSSR count). The Morgan fingerprint density at radius 1 is 1.25 bits per heavy atom. The first-order chi connectivity index (χ1) is 11.5. The number of sulfonamides is 1. The van der Waals surface area contributed by atoms with Crippen LogP contribution in [0.1, 0.15) is 37.8 Å². The lowest BCUT2D eigenvalue weighted by Crippen LogP contribution is -2.38. The first-order valence-electron chi connectivity index (χ1n) is 8.29. The molecule has 1 atom stereocenters. The molecular formula is C16H23N5O2S. The summed E-state index contributed by atoms with van der Waals surface area (Å²) in [6.07, 6.45) is 9.13. The van der Waals surface area contributed by atoms with Crippen molar-refractivity contribution in [2.75, 3.05) is 19.3 Å². The van der Waals surface area contributed by atoms with Gasteiger partial charge in [0.1, 0.15) is 5.69 Å². The van der Waals surface area contributed by atoms with Gasteiger partial charge in [0.2, 0.25) is 10.0 Å². The first-order valence-corrected chi connectivity index (χ1v) is 10.1. The number of aryl methyl sites for hydroxylation is 1. The average Bonchev–Trinajstić information content (AvgIpc) is 3.03. The van der Waals surface area contributed by atoms with Crippen LogP contribution in [0.5, 0.6) is 0 Å². The van der Waals surface area contributed by atoms with E-state index < -0.39 is 10.0 Å². The fourth-order valence-corrected chi connectivity index (χ4v) is 4.15. The average molecular weight is 349 g/mol. The third-order valence-electron chi connectivity index (χ3n) is 4.36. The van der Waals surface area contributed by atoms with E-state index in [-0.39, 0.29) is 5.92 Å². The van der Waals surface area contributed by atoms with Gasteiger partial charge in [0.15, 0.2) is 0 Å². The summed E-state index contributed by atoms with van der Waals surface area (Å²) in [5, 5.41) is 4.37. The first kappa shape index (κ1) is 17.0. The molecule has 0 radical (unpaired) electrons. The largest absolute Gasteiger partial charge is 0.263 e. The highest BCUT2D eigenvalue weighted by Gasteiger charge is 2.30. The van der Waals surface area contributed by atoms with Gasteiger partial charge in [0.25, 0.3) is 0 Å². The maximum Gasteiger partial charge on any atom is 0.211 e. The minimum atomic E-state index is -3.18. The number of aromatic nitrogens is 4. The van der Waals surface area contributed by atoms with Gasteiger partial charge in [-0.25, -0.2) is 12.7 Å². The van der Waals surface area contributed by atoms with Gasteiger partial charge in [-0.3, -0.25) is 14.6 Å². The van der Waals surface area contributed by atoms with E-state index in [9.17, 15) is 8.42 Å². The molecule has 1 saturated heterocycles. The van der Waals surface area contributed by atoms with E-state index in [1.54, 1.807) is 22.9 Å².